The number of hydrogen-bond acceptors (Lipinski definition) is 3. The summed E-state index contributed by atoms with van der Waals surface area (Å²) in [5.74, 6) is 0.122. The number of nitrogens with one attached hydrogen (secondary N) is 1. The second-order valence-electron chi connectivity index (χ2n) is 6.92. The minimum absolute atomic E-state index is 0.0345. The predicted octanol–water partition coefficient (Wildman–Crippen LogP) is 3.95. The zero-order valence-electron chi connectivity index (χ0n) is 15.7. The van der Waals surface area contributed by atoms with E-state index in [1.165, 1.54) is 0 Å². The van der Waals surface area contributed by atoms with Crippen molar-refractivity contribution >= 4 is 29.1 Å². The Morgan fingerprint density at radius 1 is 1.30 bits per heavy atom. The highest BCUT2D eigenvalue weighted by atomic mass is 35.5. The number of likely N-dealkylation sites (tertiary alicyclic amines) is 1. The van der Waals surface area contributed by atoms with Gasteiger partial charge in [0.25, 0.3) is 0 Å². The Morgan fingerprint density at radius 3 is 2.74 bits per heavy atom. The Hall–Kier alpha value is -2.53. The molecule has 142 valence electrons. The van der Waals surface area contributed by atoms with Crippen LogP contribution < -0.4 is 10.1 Å². The first-order valence-corrected chi connectivity index (χ1v) is 9.24. The number of ether oxygens (including phenoxy) is 1. The average Bonchev–Trinajstić information content (AvgIpc) is 2.99. The molecule has 0 bridgehead atoms. The first kappa shape index (κ1) is 19.2. The lowest BCUT2D eigenvalue weighted by molar-refractivity contribution is -0.128. The Labute approximate surface area is 164 Å². The summed E-state index contributed by atoms with van der Waals surface area (Å²) < 4.78 is 5.35. The van der Waals surface area contributed by atoms with E-state index in [0.717, 1.165) is 22.4 Å². The van der Waals surface area contributed by atoms with Gasteiger partial charge in [-0.1, -0.05) is 35.9 Å². The van der Waals surface area contributed by atoms with Crippen LogP contribution in [-0.2, 0) is 16.1 Å². The third-order valence-corrected chi connectivity index (χ3v) is 5.12. The number of methoxy groups -OCH3 is 1. The fourth-order valence-corrected chi connectivity index (χ4v) is 3.81. The molecule has 1 aliphatic heterocycles. The molecule has 2 aromatic rings. The second kappa shape index (κ2) is 8.01. The topological polar surface area (TPSA) is 58.6 Å². The molecule has 1 fully saturated rings. The van der Waals surface area contributed by atoms with Crippen LogP contribution in [-0.4, -0.2) is 30.4 Å². The molecule has 2 aromatic carbocycles. The molecule has 27 heavy (non-hydrogen) atoms. The number of benzene rings is 2. The van der Waals surface area contributed by atoms with E-state index in [-0.39, 0.29) is 18.2 Å². The molecule has 0 spiro atoms. The van der Waals surface area contributed by atoms with Gasteiger partial charge in [-0.25, -0.2) is 0 Å². The number of nitrogens with zero attached hydrogens (tertiary/aromatic N) is 1. The normalized spacial score (nSPS) is 16.5. The van der Waals surface area contributed by atoms with E-state index in [1.54, 1.807) is 12.0 Å². The molecule has 1 atom stereocenters. The SMILES string of the molecule is COc1ccccc1CN1CC(C(=O)Nc2c(C)cc(C)cc2Cl)CC1=O. The third kappa shape index (κ3) is 4.25. The van der Waals surface area contributed by atoms with Crippen molar-refractivity contribution in [1.29, 1.82) is 0 Å². The first-order chi connectivity index (χ1) is 12.9. The highest BCUT2D eigenvalue weighted by Crippen LogP contribution is 2.30. The summed E-state index contributed by atoms with van der Waals surface area (Å²) in [6, 6.07) is 11.4. The van der Waals surface area contributed by atoms with Gasteiger partial charge in [0.05, 0.1) is 23.7 Å². The summed E-state index contributed by atoms with van der Waals surface area (Å²) in [4.78, 5) is 26.8. The van der Waals surface area contributed by atoms with Crippen LogP contribution in [0.1, 0.15) is 23.1 Å². The molecule has 1 aliphatic rings. The second-order valence-corrected chi connectivity index (χ2v) is 7.32. The van der Waals surface area contributed by atoms with Gasteiger partial charge in [-0.3, -0.25) is 9.59 Å². The van der Waals surface area contributed by atoms with Crippen molar-refractivity contribution in [2.75, 3.05) is 19.0 Å². The summed E-state index contributed by atoms with van der Waals surface area (Å²) in [6.45, 7) is 4.67. The van der Waals surface area contributed by atoms with Crippen LogP contribution in [0.3, 0.4) is 0 Å². The van der Waals surface area contributed by atoms with Crippen molar-refractivity contribution in [2.24, 2.45) is 5.92 Å². The van der Waals surface area contributed by atoms with Gasteiger partial charge >= 0.3 is 0 Å². The van der Waals surface area contributed by atoms with Crippen molar-refractivity contribution in [1.82, 2.24) is 4.90 Å². The van der Waals surface area contributed by atoms with Gasteiger partial charge in [0.2, 0.25) is 11.8 Å². The number of halogens is 1. The van der Waals surface area contributed by atoms with E-state index in [1.807, 2.05) is 50.2 Å². The van der Waals surface area contributed by atoms with Gasteiger partial charge in [0, 0.05) is 25.1 Å². The number of aryl methyl sites for hydroxylation is 2. The molecular weight excluding hydrogens is 364 g/mol. The molecule has 2 amide bonds. The Morgan fingerprint density at radius 2 is 2.04 bits per heavy atom. The standard InChI is InChI=1S/C21H23ClN2O3/c1-13-8-14(2)20(17(22)9-13)23-21(26)16-10-19(25)24(12-16)11-15-6-4-5-7-18(15)27-3/h4-9,16H,10-12H2,1-3H3,(H,23,26). The van der Waals surface area contributed by atoms with Gasteiger partial charge in [-0.05, 0) is 37.1 Å². The Kier molecular flexibility index (Phi) is 5.71. The Bertz CT molecular complexity index is 858. The van der Waals surface area contributed by atoms with Gasteiger partial charge in [0.15, 0.2) is 0 Å². The van der Waals surface area contributed by atoms with Crippen molar-refractivity contribution in [3.63, 3.8) is 0 Å². The molecule has 0 saturated carbocycles. The van der Waals surface area contributed by atoms with E-state index in [9.17, 15) is 9.59 Å². The summed E-state index contributed by atoms with van der Waals surface area (Å²) in [6.07, 6.45) is 0.198. The number of carbonyl (C=O) groups is 2. The maximum atomic E-state index is 12.7. The van der Waals surface area contributed by atoms with Crippen molar-refractivity contribution < 1.29 is 14.3 Å². The number of amides is 2. The molecule has 5 nitrogen and oxygen atoms in total. The number of rotatable bonds is 5. The molecule has 1 N–H and O–H groups in total. The lowest BCUT2D eigenvalue weighted by Crippen LogP contribution is -2.28. The van der Waals surface area contributed by atoms with Crippen LogP contribution in [0.5, 0.6) is 5.75 Å². The molecular formula is C21H23ClN2O3. The van der Waals surface area contributed by atoms with E-state index in [2.05, 4.69) is 5.32 Å². The van der Waals surface area contributed by atoms with Gasteiger partial charge in [0.1, 0.15) is 5.75 Å². The third-order valence-electron chi connectivity index (χ3n) is 4.82. The van der Waals surface area contributed by atoms with Crippen LogP contribution >= 0.6 is 11.6 Å². The van der Waals surface area contributed by atoms with Gasteiger partial charge in [-0.15, -0.1) is 0 Å². The first-order valence-electron chi connectivity index (χ1n) is 8.86. The summed E-state index contributed by atoms with van der Waals surface area (Å²) in [7, 11) is 1.61. The van der Waals surface area contributed by atoms with Gasteiger partial charge < -0.3 is 15.0 Å². The molecule has 6 heteroatoms. The van der Waals surface area contributed by atoms with E-state index < -0.39 is 5.92 Å². The highest BCUT2D eigenvalue weighted by molar-refractivity contribution is 6.34. The average molecular weight is 387 g/mol. The molecule has 0 aromatic heterocycles. The molecule has 1 saturated heterocycles. The smallest absolute Gasteiger partial charge is 0.229 e. The van der Waals surface area contributed by atoms with Crippen molar-refractivity contribution in [3.05, 3.63) is 58.1 Å². The summed E-state index contributed by atoms with van der Waals surface area (Å²) in [5, 5.41) is 3.41. The number of para-hydroxylation sites is 1. The quantitative estimate of drug-likeness (QED) is 0.846. The molecule has 1 unspecified atom stereocenters. The zero-order chi connectivity index (χ0) is 19.6. The maximum absolute atomic E-state index is 12.7. The van der Waals surface area contributed by atoms with Crippen LogP contribution in [0, 0.1) is 19.8 Å². The molecule has 1 heterocycles. The molecule has 0 aliphatic carbocycles. The lowest BCUT2D eigenvalue weighted by Gasteiger charge is -2.19. The molecule has 3 rings (SSSR count). The Balaban J connectivity index is 1.69. The van der Waals surface area contributed by atoms with Crippen molar-refractivity contribution in [3.8, 4) is 5.75 Å². The van der Waals surface area contributed by atoms with E-state index in [4.69, 9.17) is 16.3 Å². The van der Waals surface area contributed by atoms with Crippen LogP contribution in [0.15, 0.2) is 36.4 Å². The fourth-order valence-electron chi connectivity index (χ4n) is 3.44. The van der Waals surface area contributed by atoms with Gasteiger partial charge in [-0.2, -0.15) is 0 Å². The largest absolute Gasteiger partial charge is 0.496 e. The number of hydrogen-bond donors (Lipinski definition) is 1. The van der Waals surface area contributed by atoms with Crippen LogP contribution in [0.25, 0.3) is 0 Å². The van der Waals surface area contributed by atoms with Crippen molar-refractivity contribution in [2.45, 2.75) is 26.8 Å². The van der Waals surface area contributed by atoms with Crippen LogP contribution in [0.2, 0.25) is 5.02 Å². The summed E-state index contributed by atoms with van der Waals surface area (Å²) in [5.41, 5.74) is 3.48. The number of carbonyl (C=O) groups excluding carboxylic acids is 2. The zero-order valence-corrected chi connectivity index (χ0v) is 16.5. The maximum Gasteiger partial charge on any atom is 0.229 e. The summed E-state index contributed by atoms with van der Waals surface area (Å²) >= 11 is 6.28. The monoisotopic (exact) mass is 386 g/mol. The molecule has 0 radical (unpaired) electrons. The minimum Gasteiger partial charge on any atom is -0.496 e. The minimum atomic E-state index is -0.399. The fraction of sp³-hybridized carbons (Fsp3) is 0.333. The number of anilines is 1. The van der Waals surface area contributed by atoms with E-state index in [0.29, 0.717) is 23.8 Å². The lowest BCUT2D eigenvalue weighted by atomic mass is 10.1. The van der Waals surface area contributed by atoms with Crippen LogP contribution in [0.4, 0.5) is 5.69 Å². The predicted molar refractivity (Wildman–Crippen MR) is 106 cm³/mol. The van der Waals surface area contributed by atoms with E-state index >= 15 is 0 Å². The highest BCUT2D eigenvalue weighted by Gasteiger charge is 2.35.